The number of hydrogen-bond donors (Lipinski definition) is 1. The Kier molecular flexibility index (Phi) is 6.26. The maximum absolute atomic E-state index is 11.7. The van der Waals surface area contributed by atoms with Crippen LogP contribution in [0.1, 0.15) is 11.1 Å². The quantitative estimate of drug-likeness (QED) is 0.467. The molecule has 8 heteroatoms. The van der Waals surface area contributed by atoms with Gasteiger partial charge in [0.25, 0.3) is 11.6 Å². The van der Waals surface area contributed by atoms with Crippen LogP contribution in [0.2, 0.25) is 0 Å². The highest BCUT2D eigenvalue weighted by Crippen LogP contribution is 2.27. The first kappa shape index (κ1) is 18.9. The molecule has 0 bridgehead atoms. The van der Waals surface area contributed by atoms with Crippen molar-refractivity contribution in [1.29, 1.82) is 0 Å². The Morgan fingerprint density at radius 1 is 1.31 bits per heavy atom. The van der Waals surface area contributed by atoms with Crippen LogP contribution >= 0.6 is 0 Å². The highest BCUT2D eigenvalue weighted by atomic mass is 16.6. The molecule has 0 fully saturated rings. The van der Waals surface area contributed by atoms with Gasteiger partial charge in [0.1, 0.15) is 11.4 Å². The van der Waals surface area contributed by atoms with E-state index in [1.54, 1.807) is 37.2 Å². The fourth-order valence-electron chi connectivity index (χ4n) is 2.21. The molecule has 0 aliphatic carbocycles. The lowest BCUT2D eigenvalue weighted by atomic mass is 10.2. The number of anilines is 1. The number of nitro benzene ring substituents is 1. The van der Waals surface area contributed by atoms with Crippen molar-refractivity contribution in [1.82, 2.24) is 5.43 Å². The standard InChI is InChI=1S/C18H20N4O4/c1-13-5-4-6-15(9-13)26-12-18(23)20-19-11-14-7-8-16(21(2)3)17(10-14)22(24)25/h4-11H,12H2,1-3H3,(H,20,23). The van der Waals surface area contributed by atoms with Gasteiger partial charge in [-0.25, -0.2) is 5.43 Å². The highest BCUT2D eigenvalue weighted by Gasteiger charge is 2.15. The van der Waals surface area contributed by atoms with Crippen molar-refractivity contribution in [2.45, 2.75) is 6.92 Å². The molecule has 26 heavy (non-hydrogen) atoms. The van der Waals surface area contributed by atoms with E-state index in [2.05, 4.69) is 10.5 Å². The van der Waals surface area contributed by atoms with Gasteiger partial charge in [-0.05, 0) is 30.7 Å². The topological polar surface area (TPSA) is 97.1 Å². The van der Waals surface area contributed by atoms with Gasteiger partial charge in [-0.1, -0.05) is 18.2 Å². The van der Waals surface area contributed by atoms with E-state index in [1.165, 1.54) is 12.3 Å². The summed E-state index contributed by atoms with van der Waals surface area (Å²) < 4.78 is 5.36. The third kappa shape index (κ3) is 5.30. The zero-order chi connectivity index (χ0) is 19.1. The minimum absolute atomic E-state index is 0.0342. The molecule has 1 N–H and O–H groups in total. The molecule has 0 aliphatic rings. The summed E-state index contributed by atoms with van der Waals surface area (Å²) in [7, 11) is 3.45. The number of hydrogen-bond acceptors (Lipinski definition) is 6. The molecule has 0 heterocycles. The van der Waals surface area contributed by atoms with Gasteiger partial charge in [-0.15, -0.1) is 0 Å². The van der Waals surface area contributed by atoms with Crippen molar-refractivity contribution in [2.24, 2.45) is 5.10 Å². The first-order chi connectivity index (χ1) is 12.4. The minimum atomic E-state index is -0.457. The molecule has 0 saturated heterocycles. The summed E-state index contributed by atoms with van der Waals surface area (Å²) in [5, 5.41) is 15.0. The van der Waals surface area contributed by atoms with Crippen molar-refractivity contribution < 1.29 is 14.5 Å². The number of benzene rings is 2. The summed E-state index contributed by atoms with van der Waals surface area (Å²) >= 11 is 0. The van der Waals surface area contributed by atoms with Crippen LogP contribution in [0.15, 0.2) is 47.6 Å². The van der Waals surface area contributed by atoms with E-state index in [-0.39, 0.29) is 12.3 Å². The van der Waals surface area contributed by atoms with Gasteiger partial charge in [0, 0.05) is 25.7 Å². The lowest BCUT2D eigenvalue weighted by molar-refractivity contribution is -0.384. The lowest BCUT2D eigenvalue weighted by Gasteiger charge is -2.12. The Morgan fingerprint density at radius 2 is 2.08 bits per heavy atom. The monoisotopic (exact) mass is 356 g/mol. The van der Waals surface area contributed by atoms with Crippen molar-refractivity contribution >= 4 is 23.5 Å². The van der Waals surface area contributed by atoms with Crippen molar-refractivity contribution in [2.75, 3.05) is 25.6 Å². The average Bonchev–Trinajstić information content (AvgIpc) is 2.59. The second kappa shape index (κ2) is 8.61. The maximum Gasteiger partial charge on any atom is 0.293 e. The minimum Gasteiger partial charge on any atom is -0.484 e. The van der Waals surface area contributed by atoms with Crippen LogP contribution in [0.5, 0.6) is 5.75 Å². The van der Waals surface area contributed by atoms with E-state index in [4.69, 9.17) is 4.74 Å². The fraction of sp³-hybridized carbons (Fsp3) is 0.222. The molecule has 136 valence electrons. The lowest BCUT2D eigenvalue weighted by Crippen LogP contribution is -2.24. The summed E-state index contributed by atoms with van der Waals surface area (Å²) in [6.45, 7) is 1.75. The number of amides is 1. The number of rotatable bonds is 7. The number of ether oxygens (including phenoxy) is 1. The third-order valence-corrected chi connectivity index (χ3v) is 3.44. The molecule has 2 aromatic rings. The van der Waals surface area contributed by atoms with Gasteiger partial charge in [-0.2, -0.15) is 5.10 Å². The van der Waals surface area contributed by atoms with E-state index in [1.807, 2.05) is 25.1 Å². The van der Waals surface area contributed by atoms with Crippen LogP contribution in [-0.4, -0.2) is 37.7 Å². The number of carbonyl (C=O) groups is 1. The van der Waals surface area contributed by atoms with Gasteiger partial charge >= 0.3 is 0 Å². The average molecular weight is 356 g/mol. The van der Waals surface area contributed by atoms with Gasteiger partial charge in [-0.3, -0.25) is 14.9 Å². The molecule has 1 amide bonds. The maximum atomic E-state index is 11.7. The van der Waals surface area contributed by atoms with Crippen LogP contribution in [-0.2, 0) is 4.79 Å². The first-order valence-electron chi connectivity index (χ1n) is 7.84. The Labute approximate surface area is 151 Å². The van der Waals surface area contributed by atoms with E-state index in [0.717, 1.165) is 5.56 Å². The van der Waals surface area contributed by atoms with Crippen LogP contribution < -0.4 is 15.1 Å². The normalized spacial score (nSPS) is 10.6. The highest BCUT2D eigenvalue weighted by molar-refractivity contribution is 5.85. The zero-order valence-corrected chi connectivity index (χ0v) is 14.8. The summed E-state index contributed by atoms with van der Waals surface area (Å²) in [5.41, 5.74) is 4.31. The summed E-state index contributed by atoms with van der Waals surface area (Å²) in [4.78, 5) is 24.1. The fourth-order valence-corrected chi connectivity index (χ4v) is 2.21. The number of hydrazone groups is 1. The second-order valence-corrected chi connectivity index (χ2v) is 5.80. The molecular weight excluding hydrogens is 336 g/mol. The third-order valence-electron chi connectivity index (χ3n) is 3.44. The Hall–Kier alpha value is -3.42. The largest absolute Gasteiger partial charge is 0.484 e. The van der Waals surface area contributed by atoms with E-state index in [9.17, 15) is 14.9 Å². The molecule has 0 spiro atoms. The van der Waals surface area contributed by atoms with Crippen LogP contribution in [0.4, 0.5) is 11.4 Å². The van der Waals surface area contributed by atoms with Crippen LogP contribution in [0.3, 0.4) is 0 Å². The number of nitro groups is 1. The van der Waals surface area contributed by atoms with Crippen molar-refractivity contribution in [3.05, 3.63) is 63.7 Å². The van der Waals surface area contributed by atoms with Gasteiger partial charge < -0.3 is 9.64 Å². The van der Waals surface area contributed by atoms with Gasteiger partial charge in [0.15, 0.2) is 6.61 Å². The molecule has 0 aliphatic heterocycles. The first-order valence-corrected chi connectivity index (χ1v) is 7.84. The van der Waals surface area contributed by atoms with E-state index in [0.29, 0.717) is 17.0 Å². The molecule has 2 aromatic carbocycles. The molecule has 0 atom stereocenters. The van der Waals surface area contributed by atoms with E-state index >= 15 is 0 Å². The predicted molar refractivity (Wildman–Crippen MR) is 99.8 cm³/mol. The predicted octanol–water partition coefficient (Wildman–Crippen LogP) is 2.50. The van der Waals surface area contributed by atoms with Crippen molar-refractivity contribution in [3.63, 3.8) is 0 Å². The second-order valence-electron chi connectivity index (χ2n) is 5.80. The molecule has 0 saturated carbocycles. The number of nitrogens with zero attached hydrogens (tertiary/aromatic N) is 3. The molecule has 0 unspecified atom stereocenters. The van der Waals surface area contributed by atoms with Gasteiger partial charge in [0.05, 0.1) is 11.1 Å². The molecule has 2 rings (SSSR count). The summed E-state index contributed by atoms with van der Waals surface area (Å²) in [6, 6.07) is 12.1. The van der Waals surface area contributed by atoms with Crippen molar-refractivity contribution in [3.8, 4) is 5.75 Å². The number of nitrogens with one attached hydrogen (secondary N) is 1. The van der Waals surface area contributed by atoms with Crippen LogP contribution in [0, 0.1) is 17.0 Å². The molecule has 8 nitrogen and oxygen atoms in total. The zero-order valence-electron chi connectivity index (χ0n) is 14.8. The smallest absolute Gasteiger partial charge is 0.293 e. The molecule has 0 radical (unpaired) electrons. The number of aryl methyl sites for hydroxylation is 1. The number of carbonyl (C=O) groups excluding carboxylic acids is 1. The molecule has 0 aromatic heterocycles. The van der Waals surface area contributed by atoms with Crippen LogP contribution in [0.25, 0.3) is 0 Å². The SMILES string of the molecule is Cc1cccc(OCC(=O)NN=Cc2ccc(N(C)C)c([N+](=O)[O-])c2)c1. The van der Waals surface area contributed by atoms with E-state index < -0.39 is 10.8 Å². The summed E-state index contributed by atoms with van der Waals surface area (Å²) in [6.07, 6.45) is 1.34. The molecular formula is C18H20N4O4. The Bertz CT molecular complexity index is 834. The summed E-state index contributed by atoms with van der Waals surface area (Å²) in [5.74, 6) is 0.168. The Morgan fingerprint density at radius 3 is 2.73 bits per heavy atom. The Balaban J connectivity index is 1.94. The van der Waals surface area contributed by atoms with Gasteiger partial charge in [0.2, 0.25) is 0 Å².